The average Bonchev–Trinajstić information content (AvgIpc) is 2.31. The molecule has 0 unspecified atom stereocenters. The van der Waals surface area contributed by atoms with E-state index in [2.05, 4.69) is 15.9 Å². The van der Waals surface area contributed by atoms with Crippen LogP contribution in [0.4, 0.5) is 0 Å². The molecule has 2 rings (SSSR count). The van der Waals surface area contributed by atoms with Gasteiger partial charge in [-0.25, -0.2) is 0 Å². The van der Waals surface area contributed by atoms with Crippen LogP contribution in [0.2, 0.25) is 0 Å². The van der Waals surface area contributed by atoms with Crippen molar-refractivity contribution >= 4 is 33.6 Å². The van der Waals surface area contributed by atoms with E-state index in [9.17, 15) is 9.59 Å². The molecule has 0 bridgehead atoms. The summed E-state index contributed by atoms with van der Waals surface area (Å²) in [6.07, 6.45) is 2.80. The third-order valence-corrected chi connectivity index (χ3v) is 3.79. The summed E-state index contributed by atoms with van der Waals surface area (Å²) in [5.74, 6) is -0.0852. The number of carbonyl (C=O) groups excluding carboxylic acids is 2. The Hall–Kier alpha value is -1.22. The molecule has 0 amide bonds. The largest absolute Gasteiger partial charge is 0.294 e. The minimum atomic E-state index is -0.425. The summed E-state index contributed by atoms with van der Waals surface area (Å²) in [7, 11) is 0. The molecule has 0 N–H and O–H groups in total. The minimum absolute atomic E-state index is 0.0423. The van der Waals surface area contributed by atoms with Crippen LogP contribution in [0.15, 0.2) is 34.3 Å². The molecule has 94 valence electrons. The van der Waals surface area contributed by atoms with E-state index < -0.39 is 5.41 Å². The van der Waals surface area contributed by atoms with Gasteiger partial charge in [0.25, 0.3) is 0 Å². The molecule has 0 saturated heterocycles. The summed E-state index contributed by atoms with van der Waals surface area (Å²) >= 11 is 3.38. The van der Waals surface area contributed by atoms with Crippen molar-refractivity contribution in [1.29, 1.82) is 0 Å². The quantitative estimate of drug-likeness (QED) is 0.584. The van der Waals surface area contributed by atoms with E-state index in [0.717, 1.165) is 10.0 Å². The van der Waals surface area contributed by atoms with Gasteiger partial charge in [0.15, 0.2) is 11.6 Å². The first-order chi connectivity index (χ1) is 8.40. The lowest BCUT2D eigenvalue weighted by atomic mass is 9.73. The predicted octanol–water partition coefficient (Wildman–Crippen LogP) is 3.79. The van der Waals surface area contributed by atoms with Gasteiger partial charge in [-0.2, -0.15) is 0 Å². The Morgan fingerprint density at radius 1 is 1.28 bits per heavy atom. The Bertz CT molecular complexity index is 541. The number of rotatable bonds is 1. The molecule has 0 spiro atoms. The maximum Gasteiger partial charge on any atom is 0.172 e. The third-order valence-electron chi connectivity index (χ3n) is 3.30. The molecule has 0 heterocycles. The smallest absolute Gasteiger partial charge is 0.172 e. The van der Waals surface area contributed by atoms with Gasteiger partial charge in [-0.05, 0) is 30.2 Å². The highest BCUT2D eigenvalue weighted by Crippen LogP contribution is 2.34. The Labute approximate surface area is 115 Å². The normalized spacial score (nSPS) is 21.4. The number of benzene rings is 1. The molecule has 1 aliphatic rings. The van der Waals surface area contributed by atoms with Crippen LogP contribution in [-0.2, 0) is 9.59 Å². The zero-order valence-corrected chi connectivity index (χ0v) is 12.1. The van der Waals surface area contributed by atoms with Crippen LogP contribution in [0.5, 0.6) is 0 Å². The fourth-order valence-corrected chi connectivity index (χ4v) is 2.49. The van der Waals surface area contributed by atoms with Crippen molar-refractivity contribution in [2.45, 2.75) is 26.7 Å². The second kappa shape index (κ2) is 4.81. The molecule has 2 nitrogen and oxygen atoms in total. The zero-order chi connectivity index (χ0) is 13.3. The van der Waals surface area contributed by atoms with Crippen molar-refractivity contribution < 1.29 is 9.59 Å². The van der Waals surface area contributed by atoms with Gasteiger partial charge >= 0.3 is 0 Å². The first kappa shape index (κ1) is 13.2. The molecule has 1 saturated carbocycles. The molecular weight excluding hydrogens is 292 g/mol. The monoisotopic (exact) mass is 306 g/mol. The van der Waals surface area contributed by atoms with Gasteiger partial charge in [-0.15, -0.1) is 0 Å². The van der Waals surface area contributed by atoms with E-state index in [1.165, 1.54) is 0 Å². The molecule has 0 aromatic heterocycles. The lowest BCUT2D eigenvalue weighted by molar-refractivity contribution is -0.130. The lowest BCUT2D eigenvalue weighted by Gasteiger charge is -2.28. The van der Waals surface area contributed by atoms with Gasteiger partial charge in [0, 0.05) is 16.3 Å². The molecule has 3 heteroatoms. The molecule has 0 aliphatic heterocycles. The molecule has 1 aliphatic carbocycles. The van der Waals surface area contributed by atoms with Crippen molar-refractivity contribution in [3.8, 4) is 0 Å². The fourth-order valence-electron chi connectivity index (χ4n) is 2.07. The van der Waals surface area contributed by atoms with Gasteiger partial charge in [0.1, 0.15) is 0 Å². The van der Waals surface area contributed by atoms with Crippen LogP contribution < -0.4 is 0 Å². The van der Waals surface area contributed by atoms with E-state index >= 15 is 0 Å². The van der Waals surface area contributed by atoms with Crippen LogP contribution >= 0.6 is 15.9 Å². The Balaban J connectivity index is 2.41. The SMILES string of the molecule is CC1(C)CCC(=O)/C(=C/c2cccc(Br)c2)C1=O. The summed E-state index contributed by atoms with van der Waals surface area (Å²) in [6.45, 7) is 3.80. The lowest BCUT2D eigenvalue weighted by Crippen LogP contribution is -2.34. The number of hydrogen-bond acceptors (Lipinski definition) is 2. The Morgan fingerprint density at radius 3 is 2.67 bits per heavy atom. The molecule has 1 aromatic rings. The number of Topliss-reactive ketones (excluding diaryl/α,β-unsaturated/α-hetero) is 2. The third kappa shape index (κ3) is 2.61. The molecule has 18 heavy (non-hydrogen) atoms. The number of allylic oxidation sites excluding steroid dienone is 1. The van der Waals surface area contributed by atoms with Gasteiger partial charge in [-0.3, -0.25) is 9.59 Å². The summed E-state index contributed by atoms with van der Waals surface area (Å²) < 4.78 is 0.937. The molecule has 1 fully saturated rings. The van der Waals surface area contributed by atoms with Crippen molar-refractivity contribution in [2.75, 3.05) is 0 Å². The van der Waals surface area contributed by atoms with Crippen LogP contribution in [0.3, 0.4) is 0 Å². The predicted molar refractivity (Wildman–Crippen MR) is 75.1 cm³/mol. The zero-order valence-electron chi connectivity index (χ0n) is 10.5. The van der Waals surface area contributed by atoms with Crippen LogP contribution in [0, 0.1) is 5.41 Å². The minimum Gasteiger partial charge on any atom is -0.294 e. The highest BCUT2D eigenvalue weighted by molar-refractivity contribution is 9.10. The van der Waals surface area contributed by atoms with Gasteiger partial charge in [-0.1, -0.05) is 41.9 Å². The van der Waals surface area contributed by atoms with E-state index in [1.807, 2.05) is 38.1 Å². The first-order valence-corrected chi connectivity index (χ1v) is 6.75. The van der Waals surface area contributed by atoms with E-state index in [-0.39, 0.29) is 11.6 Å². The van der Waals surface area contributed by atoms with Crippen molar-refractivity contribution in [3.05, 3.63) is 39.9 Å². The van der Waals surface area contributed by atoms with Crippen LogP contribution in [-0.4, -0.2) is 11.6 Å². The number of halogens is 1. The summed E-state index contributed by atoms with van der Waals surface area (Å²) in [4.78, 5) is 24.1. The van der Waals surface area contributed by atoms with E-state index in [4.69, 9.17) is 0 Å². The maximum absolute atomic E-state index is 12.2. The summed E-state index contributed by atoms with van der Waals surface area (Å²) in [5.41, 5.74) is 0.786. The van der Waals surface area contributed by atoms with Crippen molar-refractivity contribution in [1.82, 2.24) is 0 Å². The average molecular weight is 307 g/mol. The second-order valence-corrected chi connectivity index (χ2v) is 6.16. The number of hydrogen-bond donors (Lipinski definition) is 0. The Kier molecular flexibility index (Phi) is 3.53. The Morgan fingerprint density at radius 2 is 2.00 bits per heavy atom. The second-order valence-electron chi connectivity index (χ2n) is 5.25. The summed E-state index contributed by atoms with van der Waals surface area (Å²) in [5, 5.41) is 0. The summed E-state index contributed by atoms with van der Waals surface area (Å²) in [6, 6.07) is 7.59. The van der Waals surface area contributed by atoms with Crippen LogP contribution in [0.1, 0.15) is 32.3 Å². The number of carbonyl (C=O) groups is 2. The molecule has 0 atom stereocenters. The molecule has 0 radical (unpaired) electrons. The molecule has 1 aromatic carbocycles. The van der Waals surface area contributed by atoms with Crippen molar-refractivity contribution in [2.24, 2.45) is 5.41 Å². The highest BCUT2D eigenvalue weighted by atomic mass is 79.9. The first-order valence-electron chi connectivity index (χ1n) is 5.95. The maximum atomic E-state index is 12.2. The topological polar surface area (TPSA) is 34.1 Å². The standard InChI is InChI=1S/C15H15BrO2/c1-15(2)7-6-13(17)12(14(15)18)9-10-4-3-5-11(16)8-10/h3-5,8-9H,6-7H2,1-2H3/b12-9-. The fraction of sp³-hybridized carbons (Fsp3) is 0.333. The van der Waals surface area contributed by atoms with E-state index in [0.29, 0.717) is 18.4 Å². The van der Waals surface area contributed by atoms with E-state index in [1.54, 1.807) is 6.08 Å². The van der Waals surface area contributed by atoms with Gasteiger partial charge < -0.3 is 0 Å². The number of ketones is 2. The van der Waals surface area contributed by atoms with Crippen LogP contribution in [0.25, 0.3) is 6.08 Å². The van der Waals surface area contributed by atoms with Gasteiger partial charge in [0.05, 0.1) is 5.57 Å². The highest BCUT2D eigenvalue weighted by Gasteiger charge is 2.37. The molecular formula is C15H15BrO2. The van der Waals surface area contributed by atoms with Crippen molar-refractivity contribution in [3.63, 3.8) is 0 Å². The van der Waals surface area contributed by atoms with Gasteiger partial charge in [0.2, 0.25) is 0 Å².